The standard InChI is InChI=1S/C13H22N2O/c1-3-8-14-9-10-15-12-6-5-7-13(11-12)16-4-2/h5-7,11,14-15H,3-4,8-10H2,1-2H3. The Kier molecular flexibility index (Phi) is 6.42. The average molecular weight is 222 g/mol. The molecule has 0 unspecified atom stereocenters. The minimum absolute atomic E-state index is 0.710. The predicted molar refractivity (Wildman–Crippen MR) is 69.3 cm³/mol. The van der Waals surface area contributed by atoms with Gasteiger partial charge in [-0.3, -0.25) is 0 Å². The highest BCUT2D eigenvalue weighted by atomic mass is 16.5. The average Bonchev–Trinajstić information content (AvgIpc) is 2.30. The number of nitrogens with one attached hydrogen (secondary N) is 2. The predicted octanol–water partition coefficient (Wildman–Crippen LogP) is 2.50. The zero-order valence-electron chi connectivity index (χ0n) is 10.3. The summed E-state index contributed by atoms with van der Waals surface area (Å²) >= 11 is 0. The third-order valence-electron chi connectivity index (χ3n) is 2.20. The summed E-state index contributed by atoms with van der Waals surface area (Å²) in [6.45, 7) is 7.89. The van der Waals surface area contributed by atoms with Gasteiger partial charge < -0.3 is 15.4 Å². The molecule has 90 valence electrons. The maximum absolute atomic E-state index is 5.44. The molecule has 0 heterocycles. The molecule has 1 rings (SSSR count). The van der Waals surface area contributed by atoms with Gasteiger partial charge in [0, 0.05) is 24.8 Å². The maximum atomic E-state index is 5.44. The molecule has 0 aliphatic carbocycles. The number of anilines is 1. The summed E-state index contributed by atoms with van der Waals surface area (Å²) in [6.07, 6.45) is 1.18. The molecule has 1 aromatic carbocycles. The van der Waals surface area contributed by atoms with Crippen molar-refractivity contribution in [3.05, 3.63) is 24.3 Å². The van der Waals surface area contributed by atoms with E-state index in [1.807, 2.05) is 25.1 Å². The molecule has 0 amide bonds. The van der Waals surface area contributed by atoms with E-state index < -0.39 is 0 Å². The van der Waals surface area contributed by atoms with Crippen LogP contribution < -0.4 is 15.4 Å². The van der Waals surface area contributed by atoms with Gasteiger partial charge in [0.2, 0.25) is 0 Å². The van der Waals surface area contributed by atoms with Crippen LogP contribution >= 0.6 is 0 Å². The van der Waals surface area contributed by atoms with Crippen molar-refractivity contribution in [2.24, 2.45) is 0 Å². The van der Waals surface area contributed by atoms with Crippen LogP contribution in [0.3, 0.4) is 0 Å². The van der Waals surface area contributed by atoms with E-state index in [2.05, 4.69) is 23.6 Å². The lowest BCUT2D eigenvalue weighted by Gasteiger charge is -2.09. The molecule has 0 fully saturated rings. The lowest BCUT2D eigenvalue weighted by molar-refractivity contribution is 0.340. The van der Waals surface area contributed by atoms with Crippen molar-refractivity contribution < 1.29 is 4.74 Å². The molecule has 0 aliphatic rings. The Hall–Kier alpha value is -1.22. The molecule has 0 atom stereocenters. The fourth-order valence-electron chi connectivity index (χ4n) is 1.46. The Labute approximate surface area is 98.2 Å². The van der Waals surface area contributed by atoms with Crippen LogP contribution in [-0.4, -0.2) is 26.2 Å². The number of benzene rings is 1. The van der Waals surface area contributed by atoms with E-state index in [9.17, 15) is 0 Å². The van der Waals surface area contributed by atoms with E-state index in [1.54, 1.807) is 0 Å². The van der Waals surface area contributed by atoms with Crippen LogP contribution in [0.1, 0.15) is 20.3 Å². The van der Waals surface area contributed by atoms with Crippen LogP contribution in [0.15, 0.2) is 24.3 Å². The lowest BCUT2D eigenvalue weighted by Crippen LogP contribution is -2.22. The zero-order chi connectivity index (χ0) is 11.6. The molecule has 0 spiro atoms. The summed E-state index contributed by atoms with van der Waals surface area (Å²) in [5, 5.41) is 6.71. The molecule has 1 aromatic rings. The van der Waals surface area contributed by atoms with Gasteiger partial charge in [0.05, 0.1) is 6.61 Å². The van der Waals surface area contributed by atoms with E-state index in [1.165, 1.54) is 6.42 Å². The Balaban J connectivity index is 2.27. The van der Waals surface area contributed by atoms with Crippen molar-refractivity contribution in [2.45, 2.75) is 20.3 Å². The molecule has 0 aliphatic heterocycles. The largest absolute Gasteiger partial charge is 0.494 e. The van der Waals surface area contributed by atoms with Crippen molar-refractivity contribution in [3.8, 4) is 5.75 Å². The topological polar surface area (TPSA) is 33.3 Å². The molecular weight excluding hydrogens is 200 g/mol. The molecule has 2 N–H and O–H groups in total. The molecule has 0 radical (unpaired) electrons. The molecule has 0 aromatic heterocycles. The summed E-state index contributed by atoms with van der Waals surface area (Å²) in [7, 11) is 0. The number of hydrogen-bond acceptors (Lipinski definition) is 3. The molecule has 3 heteroatoms. The highest BCUT2D eigenvalue weighted by molar-refractivity contribution is 5.48. The van der Waals surface area contributed by atoms with Gasteiger partial charge in [-0.2, -0.15) is 0 Å². The van der Waals surface area contributed by atoms with E-state index in [-0.39, 0.29) is 0 Å². The van der Waals surface area contributed by atoms with Gasteiger partial charge in [0.25, 0.3) is 0 Å². The molecule has 0 saturated carbocycles. The van der Waals surface area contributed by atoms with Gasteiger partial charge in [-0.25, -0.2) is 0 Å². The van der Waals surface area contributed by atoms with Gasteiger partial charge in [0.15, 0.2) is 0 Å². The summed E-state index contributed by atoms with van der Waals surface area (Å²) in [5.41, 5.74) is 1.12. The Morgan fingerprint density at radius 2 is 2.00 bits per heavy atom. The van der Waals surface area contributed by atoms with Crippen molar-refractivity contribution in [2.75, 3.05) is 31.6 Å². The fourth-order valence-corrected chi connectivity index (χ4v) is 1.46. The molecule has 0 bridgehead atoms. The van der Waals surface area contributed by atoms with Crippen molar-refractivity contribution in [1.82, 2.24) is 5.32 Å². The minimum atomic E-state index is 0.710. The number of ether oxygens (including phenoxy) is 1. The Morgan fingerprint density at radius 3 is 2.75 bits per heavy atom. The second-order valence-electron chi connectivity index (χ2n) is 3.64. The van der Waals surface area contributed by atoms with Gasteiger partial charge in [-0.05, 0) is 32.0 Å². The molecular formula is C13H22N2O. The van der Waals surface area contributed by atoms with Gasteiger partial charge in [0.1, 0.15) is 5.75 Å². The second-order valence-corrected chi connectivity index (χ2v) is 3.64. The quantitative estimate of drug-likeness (QED) is 0.663. The number of hydrogen-bond donors (Lipinski definition) is 2. The highest BCUT2D eigenvalue weighted by Crippen LogP contribution is 2.16. The highest BCUT2D eigenvalue weighted by Gasteiger charge is 1.95. The first kappa shape index (κ1) is 12.8. The normalized spacial score (nSPS) is 10.1. The van der Waals surface area contributed by atoms with Crippen molar-refractivity contribution in [3.63, 3.8) is 0 Å². The van der Waals surface area contributed by atoms with Crippen molar-refractivity contribution >= 4 is 5.69 Å². The van der Waals surface area contributed by atoms with Gasteiger partial charge in [-0.15, -0.1) is 0 Å². The number of rotatable bonds is 8. The van der Waals surface area contributed by atoms with Gasteiger partial charge >= 0.3 is 0 Å². The Bertz CT molecular complexity index is 289. The fraction of sp³-hybridized carbons (Fsp3) is 0.538. The second kappa shape index (κ2) is 7.99. The first-order chi connectivity index (χ1) is 7.86. The molecule has 16 heavy (non-hydrogen) atoms. The SMILES string of the molecule is CCCNCCNc1cccc(OCC)c1. The maximum Gasteiger partial charge on any atom is 0.121 e. The van der Waals surface area contributed by atoms with E-state index in [4.69, 9.17) is 4.74 Å². The summed E-state index contributed by atoms with van der Waals surface area (Å²) in [6, 6.07) is 8.07. The van der Waals surface area contributed by atoms with Crippen molar-refractivity contribution in [1.29, 1.82) is 0 Å². The van der Waals surface area contributed by atoms with Crippen LogP contribution in [0, 0.1) is 0 Å². The Morgan fingerprint density at radius 1 is 1.12 bits per heavy atom. The van der Waals surface area contributed by atoms with E-state index >= 15 is 0 Å². The third-order valence-corrected chi connectivity index (χ3v) is 2.20. The summed E-state index contributed by atoms with van der Waals surface area (Å²) in [4.78, 5) is 0. The third kappa shape index (κ3) is 5.03. The monoisotopic (exact) mass is 222 g/mol. The smallest absolute Gasteiger partial charge is 0.121 e. The summed E-state index contributed by atoms with van der Waals surface area (Å²) < 4.78 is 5.44. The van der Waals surface area contributed by atoms with Crippen LogP contribution in [0.5, 0.6) is 5.75 Å². The molecule has 3 nitrogen and oxygen atoms in total. The lowest BCUT2D eigenvalue weighted by atomic mass is 10.3. The van der Waals surface area contributed by atoms with E-state index in [0.29, 0.717) is 6.61 Å². The first-order valence-electron chi connectivity index (χ1n) is 6.04. The van der Waals surface area contributed by atoms with Crippen LogP contribution in [0.25, 0.3) is 0 Å². The van der Waals surface area contributed by atoms with Crippen LogP contribution in [0.4, 0.5) is 5.69 Å². The van der Waals surface area contributed by atoms with E-state index in [0.717, 1.165) is 31.1 Å². The van der Waals surface area contributed by atoms with Gasteiger partial charge in [-0.1, -0.05) is 13.0 Å². The zero-order valence-corrected chi connectivity index (χ0v) is 10.3. The first-order valence-corrected chi connectivity index (χ1v) is 6.04. The van der Waals surface area contributed by atoms with Crippen LogP contribution in [0.2, 0.25) is 0 Å². The molecule has 0 saturated heterocycles. The van der Waals surface area contributed by atoms with Crippen LogP contribution in [-0.2, 0) is 0 Å². The summed E-state index contributed by atoms with van der Waals surface area (Å²) in [5.74, 6) is 0.925. The minimum Gasteiger partial charge on any atom is -0.494 e.